The number of benzene rings is 1. The highest BCUT2D eigenvalue weighted by Crippen LogP contribution is 2.11. The zero-order chi connectivity index (χ0) is 14.8. The highest BCUT2D eigenvalue weighted by Gasteiger charge is 2.06. The summed E-state index contributed by atoms with van der Waals surface area (Å²) >= 11 is 0. The average Bonchev–Trinajstić information content (AvgIpc) is 2.88. The minimum Gasteiger partial charge on any atom is -0.366 e. The van der Waals surface area contributed by atoms with Gasteiger partial charge >= 0.3 is 0 Å². The topological polar surface area (TPSA) is 73.3 Å². The van der Waals surface area contributed by atoms with Crippen LogP contribution in [-0.2, 0) is 0 Å². The maximum Gasteiger partial charge on any atom is 0.249 e. The molecule has 0 atom stereocenters. The van der Waals surface area contributed by atoms with Crippen molar-refractivity contribution < 1.29 is 4.79 Å². The first kappa shape index (κ1) is 12.9. The van der Waals surface area contributed by atoms with Crippen molar-refractivity contribution in [3.63, 3.8) is 0 Å². The van der Waals surface area contributed by atoms with Crippen LogP contribution >= 0.6 is 0 Å². The SMILES string of the molecule is Cc1ccc(C(N)=O)c(C#Cc2cnc3cnccn23)c1. The molecule has 0 saturated carbocycles. The zero-order valence-corrected chi connectivity index (χ0v) is 11.4. The van der Waals surface area contributed by atoms with E-state index in [1.807, 2.05) is 23.5 Å². The van der Waals surface area contributed by atoms with Crippen molar-refractivity contribution >= 4 is 11.6 Å². The third-order valence-corrected chi connectivity index (χ3v) is 3.08. The molecule has 2 N–H and O–H groups in total. The number of rotatable bonds is 1. The Bertz CT molecular complexity index is 899. The highest BCUT2D eigenvalue weighted by atomic mass is 16.1. The summed E-state index contributed by atoms with van der Waals surface area (Å²) < 4.78 is 1.83. The van der Waals surface area contributed by atoms with Gasteiger partial charge in [-0.25, -0.2) is 4.98 Å². The van der Waals surface area contributed by atoms with E-state index in [0.717, 1.165) is 16.9 Å². The molecule has 0 aliphatic heterocycles. The van der Waals surface area contributed by atoms with Gasteiger partial charge in [-0.1, -0.05) is 12.0 Å². The van der Waals surface area contributed by atoms with E-state index in [9.17, 15) is 4.79 Å². The molecule has 0 aliphatic carbocycles. The molecule has 0 aliphatic rings. The summed E-state index contributed by atoms with van der Waals surface area (Å²) in [6.07, 6.45) is 6.79. The number of aryl methyl sites for hydroxylation is 1. The molecule has 0 bridgehead atoms. The molecule has 0 saturated heterocycles. The van der Waals surface area contributed by atoms with Crippen LogP contribution in [0.3, 0.4) is 0 Å². The number of primary amides is 1. The van der Waals surface area contributed by atoms with Crippen molar-refractivity contribution in [2.24, 2.45) is 5.73 Å². The van der Waals surface area contributed by atoms with E-state index in [-0.39, 0.29) is 0 Å². The van der Waals surface area contributed by atoms with E-state index in [4.69, 9.17) is 5.73 Å². The van der Waals surface area contributed by atoms with Crippen LogP contribution in [0.15, 0.2) is 43.0 Å². The van der Waals surface area contributed by atoms with Gasteiger partial charge in [0.15, 0.2) is 5.65 Å². The molecule has 1 aromatic carbocycles. The Labute approximate surface area is 121 Å². The van der Waals surface area contributed by atoms with Crippen molar-refractivity contribution in [3.8, 4) is 11.8 Å². The Balaban J connectivity index is 2.09. The second kappa shape index (κ2) is 5.10. The number of nitrogens with two attached hydrogens (primary N) is 1. The Morgan fingerprint density at radius 3 is 2.95 bits per heavy atom. The fourth-order valence-electron chi connectivity index (χ4n) is 2.04. The molecular weight excluding hydrogens is 264 g/mol. The van der Waals surface area contributed by atoms with Crippen LogP contribution in [0.5, 0.6) is 0 Å². The minimum atomic E-state index is -0.485. The lowest BCUT2D eigenvalue weighted by atomic mass is 10.0. The van der Waals surface area contributed by atoms with Gasteiger partial charge in [0.05, 0.1) is 18.0 Å². The van der Waals surface area contributed by atoms with Crippen molar-refractivity contribution in [2.75, 3.05) is 0 Å². The largest absolute Gasteiger partial charge is 0.366 e. The van der Waals surface area contributed by atoms with Gasteiger partial charge in [0.25, 0.3) is 0 Å². The molecule has 0 radical (unpaired) electrons. The van der Waals surface area contributed by atoms with E-state index in [2.05, 4.69) is 21.8 Å². The van der Waals surface area contributed by atoms with Gasteiger partial charge in [0.1, 0.15) is 5.69 Å². The maximum absolute atomic E-state index is 11.4. The summed E-state index contributed by atoms with van der Waals surface area (Å²) in [7, 11) is 0. The molecule has 0 spiro atoms. The molecule has 5 nitrogen and oxygen atoms in total. The van der Waals surface area contributed by atoms with Crippen LogP contribution in [0.1, 0.15) is 27.2 Å². The number of carbonyl (C=O) groups is 1. The van der Waals surface area contributed by atoms with Gasteiger partial charge in [-0.2, -0.15) is 0 Å². The number of carbonyl (C=O) groups excluding carboxylic acids is 1. The Morgan fingerprint density at radius 1 is 1.29 bits per heavy atom. The van der Waals surface area contributed by atoms with Crippen LogP contribution in [0.4, 0.5) is 0 Å². The summed E-state index contributed by atoms with van der Waals surface area (Å²) in [5.41, 5.74) is 8.88. The quantitative estimate of drug-likeness (QED) is 0.685. The van der Waals surface area contributed by atoms with E-state index in [1.54, 1.807) is 30.9 Å². The van der Waals surface area contributed by atoms with Crippen LogP contribution in [0.2, 0.25) is 0 Å². The first-order valence-electron chi connectivity index (χ1n) is 6.35. The number of hydrogen-bond acceptors (Lipinski definition) is 3. The second-order valence-corrected chi connectivity index (χ2v) is 4.61. The predicted molar refractivity (Wildman–Crippen MR) is 78.7 cm³/mol. The normalized spacial score (nSPS) is 10.1. The van der Waals surface area contributed by atoms with Gasteiger partial charge < -0.3 is 5.73 Å². The zero-order valence-electron chi connectivity index (χ0n) is 11.4. The van der Waals surface area contributed by atoms with Crippen molar-refractivity contribution in [3.05, 3.63) is 65.4 Å². The fraction of sp³-hybridized carbons (Fsp3) is 0.0625. The first-order chi connectivity index (χ1) is 10.1. The van der Waals surface area contributed by atoms with Gasteiger partial charge in [-0.05, 0) is 30.5 Å². The Morgan fingerprint density at radius 2 is 2.14 bits per heavy atom. The lowest BCUT2D eigenvalue weighted by Gasteiger charge is -2.01. The lowest BCUT2D eigenvalue weighted by Crippen LogP contribution is -2.12. The molecule has 21 heavy (non-hydrogen) atoms. The van der Waals surface area contributed by atoms with Gasteiger partial charge in [0, 0.05) is 18.0 Å². The van der Waals surface area contributed by atoms with E-state index < -0.39 is 5.91 Å². The fourth-order valence-corrected chi connectivity index (χ4v) is 2.04. The molecule has 0 fully saturated rings. The number of hydrogen-bond donors (Lipinski definition) is 1. The number of aromatic nitrogens is 3. The minimum absolute atomic E-state index is 0.420. The van der Waals surface area contributed by atoms with Crippen LogP contribution in [-0.4, -0.2) is 20.3 Å². The molecule has 3 aromatic rings. The molecule has 2 heterocycles. The molecule has 3 rings (SSSR count). The third kappa shape index (κ3) is 2.47. The van der Waals surface area contributed by atoms with E-state index in [0.29, 0.717) is 11.1 Å². The third-order valence-electron chi connectivity index (χ3n) is 3.08. The summed E-state index contributed by atoms with van der Waals surface area (Å²) in [5.74, 6) is 5.53. The van der Waals surface area contributed by atoms with Crippen molar-refractivity contribution in [1.29, 1.82) is 0 Å². The van der Waals surface area contributed by atoms with Crippen molar-refractivity contribution in [2.45, 2.75) is 6.92 Å². The molecule has 5 heteroatoms. The van der Waals surface area contributed by atoms with E-state index >= 15 is 0 Å². The van der Waals surface area contributed by atoms with Crippen molar-refractivity contribution in [1.82, 2.24) is 14.4 Å². The first-order valence-corrected chi connectivity index (χ1v) is 6.35. The van der Waals surface area contributed by atoms with Gasteiger partial charge in [-0.15, -0.1) is 0 Å². The highest BCUT2D eigenvalue weighted by molar-refractivity contribution is 5.95. The number of nitrogens with zero attached hydrogens (tertiary/aromatic N) is 3. The maximum atomic E-state index is 11.4. The second-order valence-electron chi connectivity index (χ2n) is 4.61. The van der Waals surface area contributed by atoms with E-state index in [1.165, 1.54) is 0 Å². The summed E-state index contributed by atoms with van der Waals surface area (Å²) in [4.78, 5) is 19.6. The van der Waals surface area contributed by atoms with Crippen LogP contribution in [0, 0.1) is 18.8 Å². The molecular formula is C16H12N4O. The molecule has 102 valence electrons. The summed E-state index contributed by atoms with van der Waals surface area (Å²) in [5, 5.41) is 0. The van der Waals surface area contributed by atoms with Crippen LogP contribution < -0.4 is 5.73 Å². The Hall–Kier alpha value is -3.13. The number of amides is 1. The standard InChI is InChI=1S/C16H12N4O/c1-11-2-5-14(16(17)21)12(8-11)3-4-13-9-19-15-10-18-6-7-20(13)15/h2,5-10H,1H3,(H2,17,21). The summed E-state index contributed by atoms with van der Waals surface area (Å²) in [6.45, 7) is 1.94. The average molecular weight is 276 g/mol. The lowest BCUT2D eigenvalue weighted by molar-refractivity contribution is 0.1000. The molecule has 0 unspecified atom stereocenters. The Kier molecular flexibility index (Phi) is 3.13. The smallest absolute Gasteiger partial charge is 0.249 e. The predicted octanol–water partition coefficient (Wildman–Crippen LogP) is 1.54. The molecule has 1 amide bonds. The van der Waals surface area contributed by atoms with Gasteiger partial charge in [-0.3, -0.25) is 14.2 Å². The number of imidazole rings is 1. The summed E-state index contributed by atoms with van der Waals surface area (Å²) in [6, 6.07) is 5.38. The molecule has 2 aromatic heterocycles. The monoisotopic (exact) mass is 276 g/mol. The van der Waals surface area contributed by atoms with Gasteiger partial charge in [0.2, 0.25) is 5.91 Å². The number of fused-ring (bicyclic) bond motifs is 1. The van der Waals surface area contributed by atoms with Crippen LogP contribution in [0.25, 0.3) is 5.65 Å².